The number of para-hydroxylation sites is 1. The lowest BCUT2D eigenvalue weighted by Gasteiger charge is -2.28. The van der Waals surface area contributed by atoms with Crippen LogP contribution in [0.25, 0.3) is 83.1 Å². The molecule has 0 bridgehead atoms. The minimum absolute atomic E-state index is 0.189. The highest BCUT2D eigenvalue weighted by Gasteiger charge is 2.36. The average molecular weight is 863 g/mol. The molecule has 12 rings (SSSR count). The second-order valence-corrected chi connectivity index (χ2v) is 18.5. The van der Waals surface area contributed by atoms with Crippen LogP contribution >= 0.6 is 0 Å². The molecule has 0 aliphatic heterocycles. The van der Waals surface area contributed by atoms with E-state index in [-0.39, 0.29) is 5.41 Å². The van der Waals surface area contributed by atoms with E-state index < -0.39 is 0 Å². The fourth-order valence-corrected chi connectivity index (χ4v) is 10.4. The Hall–Kier alpha value is -8.34. The Balaban J connectivity index is 0.948. The molecule has 0 fully saturated rings. The van der Waals surface area contributed by atoms with Crippen molar-refractivity contribution < 1.29 is 9.13 Å². The van der Waals surface area contributed by atoms with E-state index in [1.54, 1.807) is 0 Å². The van der Waals surface area contributed by atoms with Gasteiger partial charge in [-0.05, 0) is 146 Å². The molecule has 0 saturated heterocycles. The summed E-state index contributed by atoms with van der Waals surface area (Å²) in [7, 11) is 4.12. The van der Waals surface area contributed by atoms with E-state index in [1.807, 2.05) is 0 Å². The fourth-order valence-electron chi connectivity index (χ4n) is 10.4. The number of rotatable bonds is 8. The highest BCUT2D eigenvalue weighted by molar-refractivity contribution is 6.11. The standard InChI is InChI=1S/C63H50N4/c1-63(2)59-41-50(47-33-37-65(4)38-34-47)19-27-55(59)56-28-26-54(42-60(56)63)66(52-22-15-44(16-23-52)43-11-7-5-8-12-43)53-24-17-45(18-25-53)48-20-29-61-57(39-48)58-40-49(46-31-35-64(3)36-32-46)21-30-62(58)67(61)51-13-9-6-10-14-51/h5-42H,1-4H3/q+2. The van der Waals surface area contributed by atoms with Gasteiger partial charge in [-0.15, -0.1) is 0 Å². The monoisotopic (exact) mass is 862 g/mol. The number of pyridine rings is 2. The number of hydrogen-bond acceptors (Lipinski definition) is 1. The molecule has 0 radical (unpaired) electrons. The molecular weight excluding hydrogens is 813 g/mol. The van der Waals surface area contributed by atoms with E-state index in [0.29, 0.717) is 0 Å². The zero-order valence-corrected chi connectivity index (χ0v) is 38.2. The molecule has 3 aromatic heterocycles. The summed E-state index contributed by atoms with van der Waals surface area (Å²) in [4.78, 5) is 2.41. The molecule has 11 aromatic rings. The predicted octanol–water partition coefficient (Wildman–Crippen LogP) is 14.9. The first kappa shape index (κ1) is 40.2. The molecule has 0 unspecified atom stereocenters. The van der Waals surface area contributed by atoms with Gasteiger partial charge >= 0.3 is 0 Å². The third-order valence-electron chi connectivity index (χ3n) is 14.0. The summed E-state index contributed by atoms with van der Waals surface area (Å²) in [5.41, 5.74) is 21.7. The second-order valence-electron chi connectivity index (χ2n) is 18.5. The van der Waals surface area contributed by atoms with Gasteiger partial charge in [0.1, 0.15) is 14.1 Å². The number of anilines is 3. The van der Waals surface area contributed by atoms with Crippen LogP contribution in [0.15, 0.2) is 231 Å². The SMILES string of the molecule is C[n+]1ccc(-c2ccc3c(c2)C(C)(C)c2cc(N(c4ccc(-c5ccccc5)cc4)c4ccc(-c5ccc6c(c5)c5cc(-c7cc[n+](C)cc7)ccc5n6-c5ccccc5)cc4)ccc2-3)cc1. The normalized spacial score (nSPS) is 12.6. The van der Waals surface area contributed by atoms with Gasteiger partial charge in [0.15, 0.2) is 24.8 Å². The van der Waals surface area contributed by atoms with Crippen molar-refractivity contribution in [3.8, 4) is 61.3 Å². The lowest BCUT2D eigenvalue weighted by atomic mass is 9.81. The summed E-state index contributed by atoms with van der Waals surface area (Å²) in [5, 5.41) is 2.47. The zero-order valence-electron chi connectivity index (χ0n) is 38.2. The highest BCUT2D eigenvalue weighted by atomic mass is 15.1. The van der Waals surface area contributed by atoms with Crippen molar-refractivity contribution in [2.24, 2.45) is 14.1 Å². The average Bonchev–Trinajstić information content (AvgIpc) is 3.82. The van der Waals surface area contributed by atoms with Crippen LogP contribution < -0.4 is 14.0 Å². The number of fused-ring (bicyclic) bond motifs is 6. The van der Waals surface area contributed by atoms with E-state index in [1.165, 1.54) is 88.6 Å². The number of benzene rings is 8. The lowest BCUT2D eigenvalue weighted by Crippen LogP contribution is -2.25. The van der Waals surface area contributed by atoms with Crippen LogP contribution in [0, 0.1) is 0 Å². The maximum atomic E-state index is 2.43. The molecule has 8 aromatic carbocycles. The van der Waals surface area contributed by atoms with Crippen LogP contribution in [0.1, 0.15) is 25.0 Å². The van der Waals surface area contributed by atoms with Gasteiger partial charge in [0.05, 0.1) is 11.0 Å². The van der Waals surface area contributed by atoms with Crippen molar-refractivity contribution in [2.45, 2.75) is 19.3 Å². The molecule has 3 heterocycles. The summed E-state index contributed by atoms with van der Waals surface area (Å²) >= 11 is 0. The molecule has 1 aliphatic rings. The van der Waals surface area contributed by atoms with E-state index in [2.05, 4.69) is 278 Å². The van der Waals surface area contributed by atoms with Gasteiger partial charge in [0.25, 0.3) is 0 Å². The summed E-state index contributed by atoms with van der Waals surface area (Å²) in [5.74, 6) is 0. The van der Waals surface area contributed by atoms with Crippen molar-refractivity contribution in [2.75, 3.05) is 4.90 Å². The van der Waals surface area contributed by atoms with E-state index in [0.717, 1.165) is 22.7 Å². The Kier molecular flexibility index (Phi) is 9.58. The molecule has 320 valence electrons. The molecule has 0 amide bonds. The number of aryl methyl sites for hydroxylation is 2. The lowest BCUT2D eigenvalue weighted by molar-refractivity contribution is -0.671. The van der Waals surface area contributed by atoms with Gasteiger partial charge in [-0.25, -0.2) is 9.13 Å². The first-order chi connectivity index (χ1) is 32.8. The second kappa shape index (κ2) is 16.0. The van der Waals surface area contributed by atoms with Crippen LogP contribution in [-0.2, 0) is 19.5 Å². The molecular formula is C63H50N4+2. The van der Waals surface area contributed by atoms with Gasteiger partial charge in [0, 0.05) is 63.2 Å². The van der Waals surface area contributed by atoms with Crippen molar-refractivity contribution in [3.63, 3.8) is 0 Å². The minimum Gasteiger partial charge on any atom is -0.310 e. The van der Waals surface area contributed by atoms with Gasteiger partial charge < -0.3 is 9.47 Å². The third kappa shape index (κ3) is 7.01. The maximum absolute atomic E-state index is 2.43. The molecule has 4 nitrogen and oxygen atoms in total. The molecule has 0 saturated carbocycles. The van der Waals surface area contributed by atoms with Crippen LogP contribution in [0.2, 0.25) is 0 Å². The van der Waals surface area contributed by atoms with Gasteiger partial charge in [-0.2, -0.15) is 0 Å². The van der Waals surface area contributed by atoms with Gasteiger partial charge in [0.2, 0.25) is 0 Å². The Bertz CT molecular complexity index is 3630. The molecule has 1 aliphatic carbocycles. The summed E-state index contributed by atoms with van der Waals surface area (Å²) in [6.07, 6.45) is 8.46. The highest BCUT2D eigenvalue weighted by Crippen LogP contribution is 2.52. The number of hydrogen-bond donors (Lipinski definition) is 0. The summed E-state index contributed by atoms with van der Waals surface area (Å²) in [6.45, 7) is 4.75. The van der Waals surface area contributed by atoms with E-state index in [4.69, 9.17) is 0 Å². The van der Waals surface area contributed by atoms with Gasteiger partial charge in [-0.1, -0.05) is 117 Å². The topological polar surface area (TPSA) is 15.9 Å². The first-order valence-electron chi connectivity index (χ1n) is 23.2. The predicted molar refractivity (Wildman–Crippen MR) is 277 cm³/mol. The Morgan fingerprint density at radius 2 is 0.746 bits per heavy atom. The maximum Gasteiger partial charge on any atom is 0.169 e. The molecule has 4 heteroatoms. The van der Waals surface area contributed by atoms with Crippen LogP contribution in [0.5, 0.6) is 0 Å². The number of nitrogens with zero attached hydrogens (tertiary/aromatic N) is 4. The Morgan fingerprint density at radius 1 is 0.358 bits per heavy atom. The quantitative estimate of drug-likeness (QED) is 0.139. The van der Waals surface area contributed by atoms with Crippen LogP contribution in [0.4, 0.5) is 17.1 Å². The molecule has 0 spiro atoms. The molecule has 67 heavy (non-hydrogen) atoms. The summed E-state index contributed by atoms with van der Waals surface area (Å²) < 4.78 is 6.56. The third-order valence-corrected chi connectivity index (χ3v) is 14.0. The molecule has 0 atom stereocenters. The van der Waals surface area contributed by atoms with E-state index in [9.17, 15) is 0 Å². The number of aromatic nitrogens is 3. The van der Waals surface area contributed by atoms with Gasteiger partial charge in [-0.3, -0.25) is 0 Å². The van der Waals surface area contributed by atoms with Crippen molar-refractivity contribution in [1.82, 2.24) is 4.57 Å². The minimum atomic E-state index is -0.189. The van der Waals surface area contributed by atoms with Crippen molar-refractivity contribution in [1.29, 1.82) is 0 Å². The fraction of sp³-hybridized carbons (Fsp3) is 0.0794. The van der Waals surface area contributed by atoms with Crippen LogP contribution in [-0.4, -0.2) is 4.57 Å². The van der Waals surface area contributed by atoms with Crippen molar-refractivity contribution >= 4 is 38.9 Å². The van der Waals surface area contributed by atoms with Crippen molar-refractivity contribution in [3.05, 3.63) is 242 Å². The zero-order chi connectivity index (χ0) is 45.2. The largest absolute Gasteiger partial charge is 0.310 e. The Labute approximate surface area is 392 Å². The molecule has 0 N–H and O–H groups in total. The first-order valence-corrected chi connectivity index (χ1v) is 23.2. The Morgan fingerprint density at radius 3 is 1.28 bits per heavy atom. The van der Waals surface area contributed by atoms with Crippen LogP contribution in [0.3, 0.4) is 0 Å². The smallest absolute Gasteiger partial charge is 0.169 e. The summed E-state index contributed by atoms with van der Waals surface area (Å²) in [6, 6.07) is 76.2. The van der Waals surface area contributed by atoms with E-state index >= 15 is 0 Å².